The molecule has 0 aromatic carbocycles. The molecule has 0 heterocycles. The molecule has 1 heteroatoms. The summed E-state index contributed by atoms with van der Waals surface area (Å²) < 4.78 is 0. The van der Waals surface area contributed by atoms with E-state index in [4.69, 9.17) is 0 Å². The van der Waals surface area contributed by atoms with Gasteiger partial charge in [-0.1, -0.05) is 0 Å². The third-order valence-corrected chi connectivity index (χ3v) is 0. The molecule has 4 heavy (non-hydrogen) atoms. The van der Waals surface area contributed by atoms with Crippen molar-refractivity contribution in [3.8, 4) is 0 Å². The summed E-state index contributed by atoms with van der Waals surface area (Å²) in [7, 11) is 0.639. The maximum absolute atomic E-state index is 2.19. The van der Waals surface area contributed by atoms with Gasteiger partial charge in [-0.05, 0) is 10.9 Å². The largest absolute Gasteiger partial charge is 0.0969 e. The smallest absolute Gasteiger partial charge is 0.0219 e. The van der Waals surface area contributed by atoms with Crippen molar-refractivity contribution in [1.29, 1.82) is 0 Å². The molecule has 0 atom stereocenters. The Labute approximate surface area is 32.0 Å². The van der Waals surface area contributed by atoms with Crippen LogP contribution in [0.25, 0.3) is 0 Å². The van der Waals surface area contributed by atoms with Crippen LogP contribution in [-0.4, -0.2) is 18.8 Å². The van der Waals surface area contributed by atoms with Crippen molar-refractivity contribution in [3.63, 3.8) is 0 Å². The molecule has 0 bridgehead atoms. The first-order valence-electron chi connectivity index (χ1n) is 1.22. The van der Waals surface area contributed by atoms with Crippen LogP contribution in [0, 0.1) is 0 Å². The molecule has 27 valence electrons. The molecule has 0 aromatic heterocycles. The molecule has 1 radical (unpaired) electrons. The molecule has 0 aromatic rings. The highest BCUT2D eigenvalue weighted by Gasteiger charge is 1.77. The van der Waals surface area contributed by atoms with Crippen LogP contribution in [0.15, 0.2) is 0 Å². The fraction of sp³-hybridized carbons (Fsp3) is 1.00. The number of hydrogen-bond donors (Lipinski definition) is 0. The van der Waals surface area contributed by atoms with E-state index in [9.17, 15) is 0 Å². The molecule has 0 fully saturated rings. The van der Waals surface area contributed by atoms with Gasteiger partial charge >= 0.3 is 0 Å². The fourth-order valence-electron chi connectivity index (χ4n) is 0. The molecule has 0 aliphatic heterocycles. The predicted octanol–water partition coefficient (Wildman–Crippen LogP) is 0.607. The summed E-state index contributed by atoms with van der Waals surface area (Å²) >= 11 is 0. The Morgan fingerprint density at radius 3 is 1.25 bits per heavy atom. The number of rotatable bonds is 0. The van der Waals surface area contributed by atoms with Gasteiger partial charge < -0.3 is 0 Å². The van der Waals surface area contributed by atoms with Crippen molar-refractivity contribution in [2.24, 2.45) is 0 Å². The third kappa shape index (κ3) is 35.0. The van der Waals surface area contributed by atoms with E-state index in [0.29, 0.717) is 10.9 Å². The quantitative estimate of drug-likeness (QED) is 0.372. The lowest BCUT2D eigenvalue weighted by Crippen LogP contribution is -1.84. The summed E-state index contributed by atoms with van der Waals surface area (Å²) in [5, 5.41) is 0. The van der Waals surface area contributed by atoms with E-state index < -0.39 is 0 Å². The predicted molar refractivity (Wildman–Crippen MR) is 26.2 cm³/mol. The summed E-state index contributed by atoms with van der Waals surface area (Å²) in [5.41, 5.74) is 0. The Morgan fingerprint density at radius 1 is 1.25 bits per heavy atom. The Bertz CT molecular complexity index is 11.6. The van der Waals surface area contributed by atoms with Crippen molar-refractivity contribution in [2.75, 3.05) is 18.8 Å². The second-order valence-electron chi connectivity index (χ2n) is 1.22. The van der Waals surface area contributed by atoms with Crippen molar-refractivity contribution in [3.05, 3.63) is 0 Å². The van der Waals surface area contributed by atoms with Gasteiger partial charge in [-0.15, -0.1) is 0 Å². The van der Waals surface area contributed by atoms with Gasteiger partial charge in [-0.2, -0.15) is 0 Å². The molecule has 0 rings (SSSR count). The highest BCUT2D eigenvalue weighted by Crippen LogP contribution is 1.63. The Balaban J connectivity index is 0. The molecule has 0 saturated carbocycles. The molecular weight excluding hydrogens is 68.1 g/mol. The average molecular weight is 78.2 g/mol. The second kappa shape index (κ2) is 1.65. The SMILES string of the molecule is C[S+](C)C.[H]. The van der Waals surface area contributed by atoms with Gasteiger partial charge in [0.15, 0.2) is 0 Å². The molecule has 0 saturated heterocycles. The monoisotopic (exact) mass is 78.0 g/mol. The van der Waals surface area contributed by atoms with Crippen molar-refractivity contribution in [1.82, 2.24) is 0 Å². The number of hydrogen-bond acceptors (Lipinski definition) is 0. The molecule has 0 aliphatic rings. The van der Waals surface area contributed by atoms with Crippen LogP contribution in [0.5, 0.6) is 0 Å². The van der Waals surface area contributed by atoms with Gasteiger partial charge in [-0.3, -0.25) is 0 Å². The molecule has 0 aliphatic carbocycles. The van der Waals surface area contributed by atoms with Gasteiger partial charge in [-0.25, -0.2) is 0 Å². The van der Waals surface area contributed by atoms with E-state index in [1.54, 1.807) is 0 Å². The minimum atomic E-state index is 0. The normalized spacial score (nSPS) is 9.00. The molecule has 0 spiro atoms. The first kappa shape index (κ1) is 4.35. The fourth-order valence-corrected chi connectivity index (χ4v) is 0. The van der Waals surface area contributed by atoms with Crippen LogP contribution in [0.3, 0.4) is 0 Å². The van der Waals surface area contributed by atoms with Crippen molar-refractivity contribution < 1.29 is 1.43 Å². The Morgan fingerprint density at radius 2 is 1.25 bits per heavy atom. The van der Waals surface area contributed by atoms with Crippen molar-refractivity contribution in [2.45, 2.75) is 0 Å². The summed E-state index contributed by atoms with van der Waals surface area (Å²) in [6.45, 7) is 0. The van der Waals surface area contributed by atoms with Gasteiger partial charge in [0, 0.05) is 1.43 Å². The lowest BCUT2D eigenvalue weighted by Gasteiger charge is -1.69. The van der Waals surface area contributed by atoms with E-state index in [2.05, 4.69) is 18.8 Å². The van der Waals surface area contributed by atoms with Crippen LogP contribution in [0.2, 0.25) is 0 Å². The van der Waals surface area contributed by atoms with Crippen LogP contribution in [0.4, 0.5) is 0 Å². The molecule has 0 amide bonds. The van der Waals surface area contributed by atoms with Gasteiger partial charge in [0.2, 0.25) is 0 Å². The maximum atomic E-state index is 2.19. The summed E-state index contributed by atoms with van der Waals surface area (Å²) in [4.78, 5) is 0. The first-order valence-corrected chi connectivity index (χ1v) is 3.67. The maximum Gasteiger partial charge on any atom is 0.0969 e. The lowest BCUT2D eigenvalue weighted by atomic mass is 11.9. The lowest BCUT2D eigenvalue weighted by molar-refractivity contribution is 2.18. The van der Waals surface area contributed by atoms with E-state index in [0.717, 1.165) is 0 Å². The summed E-state index contributed by atoms with van der Waals surface area (Å²) in [6.07, 6.45) is 6.58. The Kier molecular flexibility index (Phi) is 1.79. The van der Waals surface area contributed by atoms with E-state index in [-0.39, 0.29) is 1.43 Å². The van der Waals surface area contributed by atoms with Crippen molar-refractivity contribution >= 4 is 10.9 Å². The summed E-state index contributed by atoms with van der Waals surface area (Å²) in [5.74, 6) is 0. The topological polar surface area (TPSA) is 0 Å². The Hall–Kier alpha value is 0.350. The van der Waals surface area contributed by atoms with Crippen LogP contribution in [-0.2, 0) is 10.9 Å². The van der Waals surface area contributed by atoms with Crippen LogP contribution in [0.1, 0.15) is 1.43 Å². The highest BCUT2D eigenvalue weighted by atomic mass is 32.2. The first-order chi connectivity index (χ1) is 1.73. The van der Waals surface area contributed by atoms with E-state index >= 15 is 0 Å². The van der Waals surface area contributed by atoms with E-state index in [1.165, 1.54) is 0 Å². The second-order valence-corrected chi connectivity index (χ2v) is 3.67. The zero-order valence-electron chi connectivity index (χ0n) is 4.41. The minimum absolute atomic E-state index is 0. The molecule has 0 nitrogen and oxygen atoms in total. The molecular formula is C3H10S+. The third-order valence-electron chi connectivity index (χ3n) is 0. The van der Waals surface area contributed by atoms with Gasteiger partial charge in [0.05, 0.1) is 18.8 Å². The summed E-state index contributed by atoms with van der Waals surface area (Å²) in [6, 6.07) is 0. The zero-order chi connectivity index (χ0) is 3.58. The standard InChI is InChI=1S/C3H9S.H/c1-4(2)3;/h1-3H3;/q+1;. The average Bonchev–Trinajstić information content (AvgIpc) is 0.811. The molecule has 0 N–H and O–H groups in total. The molecule has 0 unspecified atom stereocenters. The minimum Gasteiger partial charge on any atom is -0.0219 e. The van der Waals surface area contributed by atoms with Crippen LogP contribution >= 0.6 is 0 Å². The zero-order valence-corrected chi connectivity index (χ0v) is 4.22. The highest BCUT2D eigenvalue weighted by molar-refractivity contribution is 7.94. The van der Waals surface area contributed by atoms with Gasteiger partial charge in [0.25, 0.3) is 0 Å². The van der Waals surface area contributed by atoms with E-state index in [1.807, 2.05) is 0 Å². The van der Waals surface area contributed by atoms with Gasteiger partial charge in [0.1, 0.15) is 0 Å². The van der Waals surface area contributed by atoms with Crippen LogP contribution < -0.4 is 0 Å².